The summed E-state index contributed by atoms with van der Waals surface area (Å²) in [6, 6.07) is 0. The van der Waals surface area contributed by atoms with Gasteiger partial charge in [-0.15, -0.1) is 11.6 Å². The van der Waals surface area contributed by atoms with Crippen molar-refractivity contribution in [3.63, 3.8) is 0 Å². The van der Waals surface area contributed by atoms with Gasteiger partial charge in [0.05, 0.1) is 5.25 Å². The minimum atomic E-state index is -2.94. The normalized spacial score (nSPS) is 27.8. The third-order valence-corrected chi connectivity index (χ3v) is 5.52. The SMILES string of the molecule is O=S(=O)(C1CC1)N1CCC(Cl)CC1. The Labute approximate surface area is 84.1 Å². The first kappa shape index (κ1) is 9.74. The number of hydrogen-bond donors (Lipinski definition) is 0. The highest BCUT2D eigenvalue weighted by Gasteiger charge is 2.40. The molecule has 3 nitrogen and oxygen atoms in total. The zero-order valence-electron chi connectivity index (χ0n) is 7.45. The van der Waals surface area contributed by atoms with E-state index in [9.17, 15) is 8.42 Å². The molecular formula is C8H14ClNO2S. The second-order valence-electron chi connectivity index (χ2n) is 3.82. The van der Waals surface area contributed by atoms with Crippen LogP contribution in [0.1, 0.15) is 25.7 Å². The van der Waals surface area contributed by atoms with Crippen LogP contribution in [0.2, 0.25) is 0 Å². The average molecular weight is 224 g/mol. The van der Waals surface area contributed by atoms with E-state index in [-0.39, 0.29) is 10.6 Å². The van der Waals surface area contributed by atoms with Gasteiger partial charge in [-0.3, -0.25) is 0 Å². The monoisotopic (exact) mass is 223 g/mol. The van der Waals surface area contributed by atoms with Crippen LogP contribution in [0.25, 0.3) is 0 Å². The van der Waals surface area contributed by atoms with Gasteiger partial charge in [0.1, 0.15) is 0 Å². The molecule has 0 N–H and O–H groups in total. The van der Waals surface area contributed by atoms with Crippen LogP contribution in [0.15, 0.2) is 0 Å². The zero-order valence-corrected chi connectivity index (χ0v) is 9.02. The minimum absolute atomic E-state index is 0.0700. The van der Waals surface area contributed by atoms with Crippen molar-refractivity contribution >= 4 is 21.6 Å². The number of sulfonamides is 1. The van der Waals surface area contributed by atoms with Crippen molar-refractivity contribution < 1.29 is 8.42 Å². The molecule has 0 amide bonds. The molecule has 0 unspecified atom stereocenters. The van der Waals surface area contributed by atoms with E-state index < -0.39 is 10.0 Å². The Bertz CT molecular complexity index is 279. The number of hydrogen-bond acceptors (Lipinski definition) is 2. The first-order valence-electron chi connectivity index (χ1n) is 4.74. The van der Waals surface area contributed by atoms with Gasteiger partial charge in [-0.2, -0.15) is 0 Å². The molecule has 2 fully saturated rings. The van der Waals surface area contributed by atoms with Crippen molar-refractivity contribution in [3.8, 4) is 0 Å². The molecule has 1 saturated carbocycles. The molecule has 2 rings (SSSR count). The Morgan fingerprint density at radius 3 is 2.08 bits per heavy atom. The molecule has 0 atom stereocenters. The van der Waals surface area contributed by atoms with Gasteiger partial charge in [-0.25, -0.2) is 12.7 Å². The van der Waals surface area contributed by atoms with E-state index in [1.807, 2.05) is 0 Å². The summed E-state index contributed by atoms with van der Waals surface area (Å²) in [5.74, 6) is 0. The van der Waals surface area contributed by atoms with Crippen LogP contribution in [0.5, 0.6) is 0 Å². The van der Waals surface area contributed by atoms with Crippen LogP contribution in [0, 0.1) is 0 Å². The van der Waals surface area contributed by atoms with Gasteiger partial charge in [0.25, 0.3) is 0 Å². The Morgan fingerprint density at radius 2 is 1.62 bits per heavy atom. The van der Waals surface area contributed by atoms with E-state index in [1.165, 1.54) is 0 Å². The Morgan fingerprint density at radius 1 is 1.08 bits per heavy atom. The highest BCUT2D eigenvalue weighted by atomic mass is 35.5. The number of piperidine rings is 1. The van der Waals surface area contributed by atoms with Crippen molar-refractivity contribution in [2.75, 3.05) is 13.1 Å². The molecule has 0 bridgehead atoms. The van der Waals surface area contributed by atoms with E-state index >= 15 is 0 Å². The smallest absolute Gasteiger partial charge is 0.212 e. The fourth-order valence-corrected chi connectivity index (χ4v) is 3.72. The fraction of sp³-hybridized carbons (Fsp3) is 1.00. The van der Waals surface area contributed by atoms with Crippen LogP contribution in [-0.2, 0) is 10.0 Å². The fourth-order valence-electron chi connectivity index (χ4n) is 1.66. The minimum Gasteiger partial charge on any atom is -0.212 e. The van der Waals surface area contributed by atoms with E-state index in [2.05, 4.69) is 0 Å². The summed E-state index contributed by atoms with van der Waals surface area (Å²) < 4.78 is 25.1. The standard InChI is InChI=1S/C8H14ClNO2S/c9-7-3-5-10(6-4-7)13(11,12)8-1-2-8/h7-8H,1-6H2. The zero-order chi connectivity index (χ0) is 9.47. The van der Waals surface area contributed by atoms with Crippen LogP contribution in [0.3, 0.4) is 0 Å². The molecule has 0 aromatic heterocycles. The molecule has 2 aliphatic rings. The van der Waals surface area contributed by atoms with Gasteiger partial charge in [-0.05, 0) is 25.7 Å². The highest BCUT2D eigenvalue weighted by molar-refractivity contribution is 7.90. The summed E-state index contributed by atoms with van der Waals surface area (Å²) in [7, 11) is -2.94. The lowest BCUT2D eigenvalue weighted by Crippen LogP contribution is -2.40. The summed E-state index contributed by atoms with van der Waals surface area (Å²) in [5, 5.41) is 0.102. The lowest BCUT2D eigenvalue weighted by Gasteiger charge is -2.28. The molecular weight excluding hydrogens is 210 g/mol. The summed E-state index contributed by atoms with van der Waals surface area (Å²) in [5.41, 5.74) is 0. The van der Waals surface area contributed by atoms with E-state index in [4.69, 9.17) is 11.6 Å². The van der Waals surface area contributed by atoms with Crippen molar-refractivity contribution in [1.29, 1.82) is 0 Å². The summed E-state index contributed by atoms with van der Waals surface area (Å²) in [4.78, 5) is 0. The largest absolute Gasteiger partial charge is 0.216 e. The molecule has 0 aromatic rings. The van der Waals surface area contributed by atoms with Crippen LogP contribution in [-0.4, -0.2) is 36.4 Å². The highest BCUT2D eigenvalue weighted by Crippen LogP contribution is 2.32. The first-order valence-corrected chi connectivity index (χ1v) is 6.67. The second kappa shape index (κ2) is 3.41. The lowest BCUT2D eigenvalue weighted by molar-refractivity contribution is 0.349. The summed E-state index contributed by atoms with van der Waals surface area (Å²) in [6.45, 7) is 1.24. The topological polar surface area (TPSA) is 37.4 Å². The van der Waals surface area contributed by atoms with Gasteiger partial charge in [-0.1, -0.05) is 0 Å². The quantitative estimate of drug-likeness (QED) is 0.660. The maximum atomic E-state index is 11.7. The Balaban J connectivity index is 2.01. The first-order chi connectivity index (χ1) is 6.10. The number of rotatable bonds is 2. The van der Waals surface area contributed by atoms with Crippen molar-refractivity contribution in [3.05, 3.63) is 0 Å². The molecule has 0 radical (unpaired) electrons. The Kier molecular flexibility index (Phi) is 2.55. The molecule has 76 valence electrons. The molecule has 13 heavy (non-hydrogen) atoms. The third-order valence-electron chi connectivity index (χ3n) is 2.69. The van der Waals surface area contributed by atoms with Gasteiger partial charge in [0, 0.05) is 18.5 Å². The molecule has 1 saturated heterocycles. The second-order valence-corrected chi connectivity index (χ2v) is 6.65. The molecule has 1 aliphatic heterocycles. The van der Waals surface area contributed by atoms with Gasteiger partial charge < -0.3 is 0 Å². The van der Waals surface area contributed by atoms with Gasteiger partial charge in [0.2, 0.25) is 10.0 Å². The molecule has 1 heterocycles. The Hall–Kier alpha value is 0.200. The van der Waals surface area contributed by atoms with E-state index in [1.54, 1.807) is 4.31 Å². The van der Waals surface area contributed by atoms with Crippen molar-refractivity contribution in [1.82, 2.24) is 4.31 Å². The van der Waals surface area contributed by atoms with Crippen LogP contribution in [0.4, 0.5) is 0 Å². The summed E-state index contributed by atoms with van der Waals surface area (Å²) in [6.07, 6.45) is 3.30. The number of halogens is 1. The maximum Gasteiger partial charge on any atom is 0.216 e. The molecule has 1 aliphatic carbocycles. The van der Waals surface area contributed by atoms with Crippen molar-refractivity contribution in [2.24, 2.45) is 0 Å². The molecule has 0 aromatic carbocycles. The number of alkyl halides is 1. The number of nitrogens with zero attached hydrogens (tertiary/aromatic N) is 1. The molecule has 0 spiro atoms. The van der Waals surface area contributed by atoms with E-state index in [0.717, 1.165) is 25.7 Å². The average Bonchev–Trinajstić information content (AvgIpc) is 2.87. The summed E-state index contributed by atoms with van der Waals surface area (Å²) >= 11 is 5.91. The predicted molar refractivity (Wildman–Crippen MR) is 52.4 cm³/mol. The predicted octanol–water partition coefficient (Wildman–Crippen LogP) is 1.18. The lowest BCUT2D eigenvalue weighted by atomic mass is 10.2. The molecule has 5 heteroatoms. The van der Waals surface area contributed by atoms with E-state index in [0.29, 0.717) is 13.1 Å². The third kappa shape index (κ3) is 2.00. The van der Waals surface area contributed by atoms with Gasteiger partial charge in [0.15, 0.2) is 0 Å². The van der Waals surface area contributed by atoms with Crippen LogP contribution >= 0.6 is 11.6 Å². The maximum absolute atomic E-state index is 11.7. The van der Waals surface area contributed by atoms with Gasteiger partial charge >= 0.3 is 0 Å². The van der Waals surface area contributed by atoms with Crippen LogP contribution < -0.4 is 0 Å². The van der Waals surface area contributed by atoms with Crippen molar-refractivity contribution in [2.45, 2.75) is 36.3 Å².